The van der Waals surface area contributed by atoms with E-state index in [1.54, 1.807) is 38.5 Å². The molecule has 122 valence electrons. The van der Waals surface area contributed by atoms with E-state index in [9.17, 15) is 9.59 Å². The molecule has 2 aromatic rings. The quantitative estimate of drug-likeness (QED) is 0.811. The number of nitrogens with one attached hydrogen (secondary N) is 1. The van der Waals surface area contributed by atoms with Crippen LogP contribution in [0.4, 0.5) is 0 Å². The highest BCUT2D eigenvalue weighted by atomic mass is 32.1. The number of hydrogen-bond acceptors (Lipinski definition) is 5. The minimum absolute atomic E-state index is 0.150. The molecule has 6 nitrogen and oxygen atoms in total. The van der Waals surface area contributed by atoms with Gasteiger partial charge in [0.1, 0.15) is 4.88 Å². The van der Waals surface area contributed by atoms with Crippen LogP contribution in [0, 0.1) is 0 Å². The Hall–Kier alpha value is -2.54. The average molecular weight is 335 g/mol. The van der Waals surface area contributed by atoms with Gasteiger partial charge in [-0.15, -0.1) is 11.3 Å². The first-order chi connectivity index (χ1) is 11.0. The first-order valence-electron chi connectivity index (χ1n) is 6.83. The molecule has 0 radical (unpaired) electrons. The molecule has 0 aliphatic heterocycles. The van der Waals surface area contributed by atoms with Gasteiger partial charge in [-0.1, -0.05) is 6.07 Å². The second kappa shape index (κ2) is 7.64. The summed E-state index contributed by atoms with van der Waals surface area (Å²) in [5.41, 5.74) is 0.803. The summed E-state index contributed by atoms with van der Waals surface area (Å²) in [5, 5.41) is 11.6. The molecule has 2 rings (SSSR count). The summed E-state index contributed by atoms with van der Waals surface area (Å²) in [6.45, 7) is 0.310. The van der Waals surface area contributed by atoms with E-state index in [1.165, 1.54) is 6.07 Å². The van der Waals surface area contributed by atoms with Gasteiger partial charge in [0.2, 0.25) is 5.91 Å². The molecule has 7 heteroatoms. The second-order valence-corrected chi connectivity index (χ2v) is 5.88. The van der Waals surface area contributed by atoms with Gasteiger partial charge in [0.15, 0.2) is 11.5 Å². The van der Waals surface area contributed by atoms with Gasteiger partial charge in [0.05, 0.1) is 27.2 Å². The molecule has 1 heterocycles. The van der Waals surface area contributed by atoms with Crippen molar-refractivity contribution >= 4 is 23.2 Å². The van der Waals surface area contributed by atoms with Gasteiger partial charge >= 0.3 is 5.97 Å². The predicted molar refractivity (Wildman–Crippen MR) is 86.4 cm³/mol. The Morgan fingerprint density at radius 2 is 1.87 bits per heavy atom. The fraction of sp³-hybridized carbons (Fsp3) is 0.250. The summed E-state index contributed by atoms with van der Waals surface area (Å²) in [4.78, 5) is 23.8. The highest BCUT2D eigenvalue weighted by molar-refractivity contribution is 7.13. The summed E-state index contributed by atoms with van der Waals surface area (Å²) in [6.07, 6.45) is 0.206. The molecule has 0 fully saturated rings. The van der Waals surface area contributed by atoms with Crippen molar-refractivity contribution in [2.75, 3.05) is 14.2 Å². The van der Waals surface area contributed by atoms with Crippen LogP contribution < -0.4 is 14.8 Å². The molecule has 0 spiro atoms. The number of methoxy groups -OCH3 is 2. The van der Waals surface area contributed by atoms with Crippen LogP contribution in [0.15, 0.2) is 30.3 Å². The minimum Gasteiger partial charge on any atom is -0.493 e. The predicted octanol–water partition coefficient (Wildman–Crippen LogP) is 2.32. The van der Waals surface area contributed by atoms with E-state index >= 15 is 0 Å². The summed E-state index contributed by atoms with van der Waals surface area (Å²) in [7, 11) is 3.09. The lowest BCUT2D eigenvalue weighted by atomic mass is 10.1. The van der Waals surface area contributed by atoms with Crippen LogP contribution in [0.2, 0.25) is 0 Å². The van der Waals surface area contributed by atoms with Gasteiger partial charge in [-0.3, -0.25) is 4.79 Å². The zero-order chi connectivity index (χ0) is 16.8. The SMILES string of the molecule is COc1ccc(CC(=O)NCc2ccc(C(=O)O)s2)cc1OC. The van der Waals surface area contributed by atoms with Crippen molar-refractivity contribution in [3.63, 3.8) is 0 Å². The number of carbonyl (C=O) groups is 2. The first-order valence-corrected chi connectivity index (χ1v) is 7.64. The molecule has 2 N–H and O–H groups in total. The van der Waals surface area contributed by atoms with Gasteiger partial charge < -0.3 is 19.9 Å². The number of ether oxygens (including phenoxy) is 2. The largest absolute Gasteiger partial charge is 0.493 e. The molecule has 1 aromatic heterocycles. The molecule has 0 aliphatic carbocycles. The number of benzene rings is 1. The number of carboxylic acid groups (broad SMARTS) is 1. The Kier molecular flexibility index (Phi) is 5.59. The smallest absolute Gasteiger partial charge is 0.345 e. The van der Waals surface area contributed by atoms with Gasteiger partial charge in [-0.05, 0) is 29.8 Å². The molecule has 0 unspecified atom stereocenters. The maximum atomic E-state index is 12.0. The Labute approximate surface area is 137 Å². The van der Waals surface area contributed by atoms with E-state index in [-0.39, 0.29) is 17.2 Å². The van der Waals surface area contributed by atoms with Crippen molar-refractivity contribution in [1.82, 2.24) is 5.32 Å². The number of carbonyl (C=O) groups excluding carboxylic acids is 1. The van der Waals surface area contributed by atoms with Crippen LogP contribution in [0.25, 0.3) is 0 Å². The van der Waals surface area contributed by atoms with Gasteiger partial charge in [-0.2, -0.15) is 0 Å². The Bertz CT molecular complexity index is 710. The molecule has 1 aromatic carbocycles. The van der Waals surface area contributed by atoms with Crippen molar-refractivity contribution in [2.45, 2.75) is 13.0 Å². The zero-order valence-electron chi connectivity index (χ0n) is 12.8. The zero-order valence-corrected chi connectivity index (χ0v) is 13.6. The summed E-state index contributed by atoms with van der Waals surface area (Å²) in [6, 6.07) is 8.54. The monoisotopic (exact) mass is 335 g/mol. The Morgan fingerprint density at radius 3 is 2.48 bits per heavy atom. The maximum absolute atomic E-state index is 12.0. The average Bonchev–Trinajstić information content (AvgIpc) is 3.02. The van der Waals surface area contributed by atoms with Crippen LogP contribution >= 0.6 is 11.3 Å². The standard InChI is InChI=1S/C16H17NO5S/c1-21-12-5-3-10(7-13(12)22-2)8-15(18)17-9-11-4-6-14(23-11)16(19)20/h3-7H,8-9H2,1-2H3,(H,17,18)(H,19,20). The highest BCUT2D eigenvalue weighted by Crippen LogP contribution is 2.27. The summed E-state index contributed by atoms with van der Waals surface area (Å²) >= 11 is 1.15. The van der Waals surface area contributed by atoms with Crippen molar-refractivity contribution in [2.24, 2.45) is 0 Å². The third kappa shape index (κ3) is 4.46. The molecule has 0 saturated carbocycles. The van der Waals surface area contributed by atoms with Gasteiger partial charge in [-0.25, -0.2) is 4.79 Å². The van der Waals surface area contributed by atoms with Gasteiger partial charge in [0, 0.05) is 4.88 Å². The highest BCUT2D eigenvalue weighted by Gasteiger charge is 2.10. The first kappa shape index (κ1) is 16.8. The molecule has 1 amide bonds. The van der Waals surface area contributed by atoms with E-state index in [4.69, 9.17) is 14.6 Å². The fourth-order valence-corrected chi connectivity index (χ4v) is 2.80. The Balaban J connectivity index is 1.92. The van der Waals surface area contributed by atoms with Crippen molar-refractivity contribution in [1.29, 1.82) is 0 Å². The number of rotatable bonds is 7. The number of hydrogen-bond donors (Lipinski definition) is 2. The van der Waals surface area contributed by atoms with Gasteiger partial charge in [0.25, 0.3) is 0 Å². The summed E-state index contributed by atoms with van der Waals surface area (Å²) in [5.74, 6) is 0.0685. The minimum atomic E-state index is -0.960. The van der Waals surface area contributed by atoms with Crippen molar-refractivity contribution in [3.05, 3.63) is 45.6 Å². The van der Waals surface area contributed by atoms with Crippen LogP contribution in [0.3, 0.4) is 0 Å². The number of carboxylic acids is 1. The van der Waals surface area contributed by atoms with E-state index in [0.29, 0.717) is 18.0 Å². The third-order valence-electron chi connectivity index (χ3n) is 3.14. The molecule has 0 saturated heterocycles. The maximum Gasteiger partial charge on any atom is 0.345 e. The topological polar surface area (TPSA) is 84.9 Å². The van der Waals surface area contributed by atoms with Crippen LogP contribution in [-0.2, 0) is 17.8 Å². The molecule has 0 aliphatic rings. The molecular weight excluding hydrogens is 318 g/mol. The number of aromatic carboxylic acids is 1. The van der Waals surface area contributed by atoms with E-state index < -0.39 is 5.97 Å². The lowest BCUT2D eigenvalue weighted by Gasteiger charge is -2.09. The number of amides is 1. The summed E-state index contributed by atoms with van der Waals surface area (Å²) < 4.78 is 10.4. The van der Waals surface area contributed by atoms with E-state index in [1.807, 2.05) is 0 Å². The molecular formula is C16H17NO5S. The number of thiophene rings is 1. The molecule has 23 heavy (non-hydrogen) atoms. The lowest BCUT2D eigenvalue weighted by Crippen LogP contribution is -2.24. The van der Waals surface area contributed by atoms with Crippen LogP contribution in [0.5, 0.6) is 11.5 Å². The van der Waals surface area contributed by atoms with Crippen molar-refractivity contribution in [3.8, 4) is 11.5 Å². The lowest BCUT2D eigenvalue weighted by molar-refractivity contribution is -0.120. The molecule has 0 atom stereocenters. The third-order valence-corrected chi connectivity index (χ3v) is 4.22. The van der Waals surface area contributed by atoms with Crippen molar-refractivity contribution < 1.29 is 24.2 Å². The van der Waals surface area contributed by atoms with Crippen LogP contribution in [-0.4, -0.2) is 31.2 Å². The van der Waals surface area contributed by atoms with E-state index in [0.717, 1.165) is 21.8 Å². The fourth-order valence-electron chi connectivity index (χ4n) is 2.01. The van der Waals surface area contributed by atoms with Crippen LogP contribution in [0.1, 0.15) is 20.1 Å². The van der Waals surface area contributed by atoms with E-state index in [2.05, 4.69) is 5.32 Å². The Morgan fingerprint density at radius 1 is 1.13 bits per heavy atom. The normalized spacial score (nSPS) is 10.2. The molecule has 0 bridgehead atoms. The second-order valence-electron chi connectivity index (χ2n) is 4.71.